The Labute approximate surface area is 148 Å². The van der Waals surface area contributed by atoms with E-state index in [9.17, 15) is 9.47 Å². The number of pyridine rings is 1. The average molecular weight is 365 g/mol. The van der Waals surface area contributed by atoms with Gasteiger partial charge in [0, 0.05) is 37.3 Å². The summed E-state index contributed by atoms with van der Waals surface area (Å²) < 4.78 is 17.2. The maximum absolute atomic E-state index is 11.4. The molecule has 7 heteroatoms. The number of thiol groups is 1. The summed E-state index contributed by atoms with van der Waals surface area (Å²) in [6, 6.07) is 7.35. The third-order valence-corrected chi connectivity index (χ3v) is 5.84. The van der Waals surface area contributed by atoms with Crippen LogP contribution in [0.3, 0.4) is 0 Å². The van der Waals surface area contributed by atoms with Crippen molar-refractivity contribution >= 4 is 33.3 Å². The number of aromatic nitrogens is 1. The lowest BCUT2D eigenvalue weighted by Gasteiger charge is -2.23. The number of nitriles is 1. The summed E-state index contributed by atoms with van der Waals surface area (Å²) in [5.41, 5.74) is 1.18. The number of rotatable bonds is 5. The molecule has 24 heavy (non-hydrogen) atoms. The largest absolute Gasteiger partial charge is 0.492 e. The van der Waals surface area contributed by atoms with E-state index in [0.717, 1.165) is 48.5 Å². The first-order valence-corrected chi connectivity index (χ1v) is 9.94. The highest BCUT2D eigenvalue weighted by Gasteiger charge is 2.18. The van der Waals surface area contributed by atoms with Gasteiger partial charge >= 0.3 is 0 Å². The Kier molecular flexibility index (Phi) is 5.67. The van der Waals surface area contributed by atoms with Gasteiger partial charge in [0.05, 0.1) is 33.5 Å². The van der Waals surface area contributed by atoms with Crippen LogP contribution in [0.5, 0.6) is 5.75 Å². The van der Waals surface area contributed by atoms with Gasteiger partial charge in [-0.05, 0) is 18.6 Å². The Morgan fingerprint density at radius 2 is 2.17 bits per heavy atom. The van der Waals surface area contributed by atoms with Crippen LogP contribution in [-0.4, -0.2) is 47.6 Å². The molecule has 2 aromatic rings. The second-order valence-corrected chi connectivity index (χ2v) is 8.01. The van der Waals surface area contributed by atoms with E-state index < -0.39 is 10.8 Å². The second-order valence-electron chi connectivity index (χ2n) is 5.74. The monoisotopic (exact) mass is 364 g/mol. The molecule has 1 aromatic heterocycles. The zero-order valence-electron chi connectivity index (χ0n) is 13.2. The molecule has 0 amide bonds. The van der Waals surface area contributed by atoms with Gasteiger partial charge in [-0.1, -0.05) is 11.6 Å². The Balaban J connectivity index is 1.60. The van der Waals surface area contributed by atoms with E-state index in [1.54, 1.807) is 24.4 Å². The molecule has 0 unspecified atom stereocenters. The van der Waals surface area contributed by atoms with Crippen LogP contribution >= 0.6 is 11.6 Å². The zero-order chi connectivity index (χ0) is 16.9. The number of halogens is 1. The topological polar surface area (TPSA) is 66.2 Å². The van der Waals surface area contributed by atoms with E-state index in [-0.39, 0.29) is 0 Å². The van der Waals surface area contributed by atoms with Gasteiger partial charge in [-0.25, -0.2) is 0 Å². The Morgan fingerprint density at radius 3 is 2.92 bits per heavy atom. The fourth-order valence-electron chi connectivity index (χ4n) is 2.77. The predicted octanol–water partition coefficient (Wildman–Crippen LogP) is 2.54. The van der Waals surface area contributed by atoms with Gasteiger partial charge in [-0.15, -0.1) is 4.21 Å². The maximum atomic E-state index is 11.4. The van der Waals surface area contributed by atoms with Gasteiger partial charge in [0.25, 0.3) is 0 Å². The lowest BCUT2D eigenvalue weighted by atomic mass is 10.1. The summed E-state index contributed by atoms with van der Waals surface area (Å²) in [6.07, 6.45) is 2.50. The summed E-state index contributed by atoms with van der Waals surface area (Å²) in [6.45, 7) is 3.25. The van der Waals surface area contributed by atoms with E-state index in [1.807, 2.05) is 0 Å². The number of hydrogen-bond acceptors (Lipinski definition) is 5. The van der Waals surface area contributed by atoms with Crippen molar-refractivity contribution in [3.8, 4) is 11.8 Å². The van der Waals surface area contributed by atoms with Crippen LogP contribution in [0.25, 0.3) is 10.9 Å². The summed E-state index contributed by atoms with van der Waals surface area (Å²) in [5.74, 6) is 2.14. The molecule has 1 aliphatic heterocycles. The minimum absolute atomic E-state index is 0.465. The quantitative estimate of drug-likeness (QED) is 0.463. The maximum Gasteiger partial charge on any atom is 0.139 e. The molecule has 2 heterocycles. The second kappa shape index (κ2) is 7.93. The average Bonchev–Trinajstić information content (AvgIpc) is 2.60. The molecule has 3 rings (SSSR count). The van der Waals surface area contributed by atoms with Crippen LogP contribution < -0.4 is 4.74 Å². The van der Waals surface area contributed by atoms with Gasteiger partial charge in [0.15, 0.2) is 0 Å². The van der Waals surface area contributed by atoms with Crippen molar-refractivity contribution in [2.24, 2.45) is 0 Å². The summed E-state index contributed by atoms with van der Waals surface area (Å²) in [4.78, 5) is 6.59. The molecule has 5 nitrogen and oxygen atoms in total. The van der Waals surface area contributed by atoms with Gasteiger partial charge in [-0.2, -0.15) is 5.26 Å². The highest BCUT2D eigenvalue weighted by molar-refractivity contribution is 7.85. The molecule has 126 valence electrons. The number of nitrogens with zero attached hydrogens (tertiary/aromatic N) is 3. The molecule has 0 saturated carbocycles. The SMILES string of the molecule is N#Cc1cc2c(Cl)ccnc2cc1OCCCN1CC[SH+](=O)CC1. The molecule has 0 bridgehead atoms. The Hall–Kier alpha value is -1.68. The van der Waals surface area contributed by atoms with Crippen LogP contribution in [0.2, 0.25) is 5.02 Å². The van der Waals surface area contributed by atoms with E-state index in [2.05, 4.69) is 16.0 Å². The molecule has 0 atom stereocenters. The molecule has 0 radical (unpaired) electrons. The molecule has 0 spiro atoms. The van der Waals surface area contributed by atoms with Gasteiger partial charge < -0.3 is 4.74 Å². The first kappa shape index (κ1) is 17.2. The predicted molar refractivity (Wildman–Crippen MR) is 97.2 cm³/mol. The first-order valence-electron chi connectivity index (χ1n) is 7.93. The molecule has 1 aliphatic rings. The van der Waals surface area contributed by atoms with Crippen LogP contribution in [-0.2, 0) is 15.0 Å². The fourth-order valence-corrected chi connectivity index (χ4v) is 4.21. The smallest absolute Gasteiger partial charge is 0.139 e. The number of ether oxygens (including phenoxy) is 1. The fraction of sp³-hybridized carbons (Fsp3) is 0.412. The van der Waals surface area contributed by atoms with Crippen LogP contribution in [0, 0.1) is 11.3 Å². The Morgan fingerprint density at radius 1 is 1.38 bits per heavy atom. The van der Waals surface area contributed by atoms with Crippen molar-refractivity contribution in [1.29, 1.82) is 5.26 Å². The first-order chi connectivity index (χ1) is 11.7. The van der Waals surface area contributed by atoms with E-state index in [0.29, 0.717) is 22.9 Å². The van der Waals surface area contributed by atoms with Crippen molar-refractivity contribution < 1.29 is 8.95 Å². The lowest BCUT2D eigenvalue weighted by molar-refractivity contribution is 0.247. The van der Waals surface area contributed by atoms with Gasteiger partial charge in [0.2, 0.25) is 0 Å². The van der Waals surface area contributed by atoms with Crippen molar-refractivity contribution in [1.82, 2.24) is 9.88 Å². The molecular formula is C17H19ClN3O2S+. The summed E-state index contributed by atoms with van der Waals surface area (Å²) in [7, 11) is -0.976. The van der Waals surface area contributed by atoms with Crippen molar-refractivity contribution in [2.75, 3.05) is 37.7 Å². The van der Waals surface area contributed by atoms with Gasteiger partial charge in [-0.3, -0.25) is 9.88 Å². The number of benzene rings is 1. The number of fused-ring (bicyclic) bond motifs is 1. The molecule has 0 aliphatic carbocycles. The normalized spacial score (nSPS) is 16.2. The highest BCUT2D eigenvalue weighted by atomic mass is 35.5. The molecule has 1 saturated heterocycles. The summed E-state index contributed by atoms with van der Waals surface area (Å²) >= 11 is 6.14. The summed E-state index contributed by atoms with van der Waals surface area (Å²) in [5, 5.41) is 10.7. The molecular weight excluding hydrogens is 346 g/mol. The van der Waals surface area contributed by atoms with Crippen molar-refractivity contribution in [3.05, 3.63) is 35.0 Å². The zero-order valence-corrected chi connectivity index (χ0v) is 14.9. The van der Waals surface area contributed by atoms with Crippen molar-refractivity contribution in [3.63, 3.8) is 0 Å². The minimum atomic E-state index is -0.976. The third kappa shape index (κ3) is 4.04. The lowest BCUT2D eigenvalue weighted by Crippen LogP contribution is -2.38. The van der Waals surface area contributed by atoms with E-state index in [4.69, 9.17) is 16.3 Å². The number of hydrogen-bond donors (Lipinski definition) is 0. The minimum Gasteiger partial charge on any atom is -0.492 e. The highest BCUT2D eigenvalue weighted by Crippen LogP contribution is 2.28. The van der Waals surface area contributed by atoms with Crippen LogP contribution in [0.1, 0.15) is 12.0 Å². The van der Waals surface area contributed by atoms with E-state index >= 15 is 0 Å². The Bertz CT molecular complexity index is 796. The molecule has 0 N–H and O–H groups in total. The van der Waals surface area contributed by atoms with E-state index in [1.165, 1.54) is 0 Å². The van der Waals surface area contributed by atoms with Crippen molar-refractivity contribution in [2.45, 2.75) is 6.42 Å². The van der Waals surface area contributed by atoms with Crippen LogP contribution in [0.4, 0.5) is 0 Å². The standard InChI is InChI=1S/C17H18ClN3O2S/c18-15-2-3-20-16-11-17(13(12-19)10-14(15)16)23-7-1-4-21-5-8-24(22)9-6-21/h2-3,10-11H,1,4-9H2/p+1. The van der Waals surface area contributed by atoms with Gasteiger partial charge in [0.1, 0.15) is 23.3 Å². The molecule has 1 aromatic carbocycles. The third-order valence-electron chi connectivity index (χ3n) is 4.12. The van der Waals surface area contributed by atoms with Crippen LogP contribution in [0.15, 0.2) is 24.4 Å². The molecule has 1 fully saturated rings.